The van der Waals surface area contributed by atoms with E-state index in [-0.39, 0.29) is 19.4 Å². The Morgan fingerprint density at radius 1 is 0.511 bits per heavy atom. The summed E-state index contributed by atoms with van der Waals surface area (Å²) in [6.45, 7) is 3.46. The zero-order valence-electron chi connectivity index (χ0n) is 29.1. The van der Waals surface area contributed by atoms with Gasteiger partial charge < -0.3 is 28.9 Å². The van der Waals surface area contributed by atoms with E-state index in [1.807, 2.05) is 0 Å². The highest BCUT2D eigenvalue weighted by Crippen LogP contribution is 2.56. The zero-order chi connectivity index (χ0) is 35.2. The van der Waals surface area contributed by atoms with Gasteiger partial charge in [-0.3, -0.25) is 18.9 Å². The molecule has 2 atom stereocenters. The van der Waals surface area contributed by atoms with Gasteiger partial charge in [0.05, 0.1) is 0 Å². The van der Waals surface area contributed by atoms with Gasteiger partial charge in [0.15, 0.2) is 6.10 Å². The van der Waals surface area contributed by atoms with Crippen molar-refractivity contribution in [3.8, 4) is 0 Å². The lowest BCUT2D eigenvalue weighted by Gasteiger charge is -2.19. The molecule has 0 aliphatic rings. The van der Waals surface area contributed by atoms with Crippen LogP contribution in [-0.2, 0) is 42.0 Å². The minimum atomic E-state index is -5.32. The molecule has 0 bridgehead atoms. The molecule has 0 radical (unpaired) electrons. The summed E-state index contributed by atoms with van der Waals surface area (Å²) in [6, 6.07) is 0. The van der Waals surface area contributed by atoms with Crippen molar-refractivity contribution in [1.29, 1.82) is 0 Å². The van der Waals surface area contributed by atoms with Gasteiger partial charge in [0.1, 0.15) is 19.4 Å². The van der Waals surface area contributed by atoms with Crippen LogP contribution in [-0.4, -0.2) is 58.1 Å². The number of hydrogen-bond acceptors (Lipinski definition) is 9. The maximum atomic E-state index is 12.5. The first-order valence-corrected chi connectivity index (χ1v) is 21.3. The van der Waals surface area contributed by atoms with Gasteiger partial charge in [-0.15, -0.1) is 0 Å². The van der Waals surface area contributed by atoms with E-state index in [0.29, 0.717) is 12.8 Å². The third kappa shape index (κ3) is 33.0. The van der Waals surface area contributed by atoms with E-state index < -0.39 is 52.2 Å². The molecule has 0 aromatic rings. The van der Waals surface area contributed by atoms with E-state index in [1.54, 1.807) is 0 Å². The molecule has 278 valence electrons. The van der Waals surface area contributed by atoms with Crippen LogP contribution in [0.2, 0.25) is 0 Å². The summed E-state index contributed by atoms with van der Waals surface area (Å²) in [4.78, 5) is 63.8. The molecule has 0 rings (SSSR count). The van der Waals surface area contributed by atoms with Crippen LogP contribution in [0.3, 0.4) is 0 Å². The quantitative estimate of drug-likeness (QED) is 0.0255. The van der Waals surface area contributed by atoms with Crippen LogP contribution in [0, 0.1) is 0 Å². The number of ether oxygens (including phenoxy) is 3. The second-order valence-electron chi connectivity index (χ2n) is 12.4. The van der Waals surface area contributed by atoms with Crippen molar-refractivity contribution in [1.82, 2.24) is 0 Å². The topological polar surface area (TPSA) is 183 Å². The Hall–Kier alpha value is -1.29. The molecular weight excluding hydrogens is 650 g/mol. The van der Waals surface area contributed by atoms with Crippen molar-refractivity contribution in [2.24, 2.45) is 0 Å². The van der Waals surface area contributed by atoms with Gasteiger partial charge in [0.2, 0.25) is 0 Å². The zero-order valence-corrected chi connectivity index (χ0v) is 30.9. The maximum absolute atomic E-state index is 12.5. The Balaban J connectivity index is 4.52. The smallest absolute Gasteiger partial charge is 0.462 e. The van der Waals surface area contributed by atoms with Gasteiger partial charge in [-0.05, 0) is 12.8 Å². The second-order valence-corrected chi connectivity index (χ2v) is 15.6. The summed E-state index contributed by atoms with van der Waals surface area (Å²) in [5.74, 6) is -2.34. The predicted molar refractivity (Wildman–Crippen MR) is 182 cm³/mol. The van der Waals surface area contributed by atoms with Crippen LogP contribution in [0.4, 0.5) is 0 Å². The molecule has 14 heteroatoms. The fraction of sp³-hybridized carbons (Fsp3) is 0.909. The molecule has 0 heterocycles. The van der Waals surface area contributed by atoms with Gasteiger partial charge in [0.25, 0.3) is 0 Å². The normalized spacial score (nSPS) is 13.6. The highest BCUT2D eigenvalue weighted by atomic mass is 31.3. The van der Waals surface area contributed by atoms with Crippen molar-refractivity contribution in [2.75, 3.05) is 19.4 Å². The van der Waals surface area contributed by atoms with Crippen LogP contribution in [0.25, 0.3) is 0 Å². The van der Waals surface area contributed by atoms with E-state index >= 15 is 0 Å². The van der Waals surface area contributed by atoms with Crippen molar-refractivity contribution in [3.63, 3.8) is 0 Å². The fourth-order valence-electron chi connectivity index (χ4n) is 5.08. The lowest BCUT2D eigenvalue weighted by Crippen LogP contribution is -2.31. The van der Waals surface area contributed by atoms with Gasteiger partial charge in [0, 0.05) is 12.8 Å². The monoisotopic (exact) mass is 714 g/mol. The number of unbranched alkanes of at least 4 members (excludes halogenated alkanes) is 20. The minimum Gasteiger partial charge on any atom is -0.462 e. The Morgan fingerprint density at radius 3 is 1.23 bits per heavy atom. The van der Waals surface area contributed by atoms with Gasteiger partial charge >= 0.3 is 33.3 Å². The summed E-state index contributed by atoms with van der Waals surface area (Å²) in [5.41, 5.74) is 0. The van der Waals surface area contributed by atoms with Gasteiger partial charge in [-0.25, -0.2) is 8.88 Å². The SMILES string of the molecule is CCCCCCCCCCCCCC(=O)OC[C@H](COC(=O)CP(=O)(O)OP(=O)(O)O)OC(=O)CCCCCCCCCCCCC. The van der Waals surface area contributed by atoms with Crippen LogP contribution in [0.15, 0.2) is 0 Å². The Kier molecular flexibility index (Phi) is 28.8. The van der Waals surface area contributed by atoms with Gasteiger partial charge in [-0.2, -0.15) is 0 Å². The van der Waals surface area contributed by atoms with E-state index in [9.17, 15) is 28.4 Å². The molecular formula is C33H64O12P2. The van der Waals surface area contributed by atoms with Gasteiger partial charge in [-0.1, -0.05) is 142 Å². The van der Waals surface area contributed by atoms with E-state index in [2.05, 4.69) is 18.2 Å². The molecule has 0 saturated heterocycles. The first-order valence-electron chi connectivity index (χ1n) is 18.0. The molecule has 0 aliphatic carbocycles. The summed E-state index contributed by atoms with van der Waals surface area (Å²) < 4.78 is 42.0. The van der Waals surface area contributed by atoms with Crippen molar-refractivity contribution < 1.29 is 56.7 Å². The lowest BCUT2D eigenvalue weighted by molar-refractivity contribution is -0.166. The molecule has 0 amide bonds. The van der Waals surface area contributed by atoms with Crippen LogP contribution in [0.5, 0.6) is 0 Å². The number of rotatable bonds is 33. The van der Waals surface area contributed by atoms with Crippen LogP contribution in [0.1, 0.15) is 168 Å². The van der Waals surface area contributed by atoms with Crippen molar-refractivity contribution in [2.45, 2.75) is 174 Å². The molecule has 0 saturated carbocycles. The first kappa shape index (κ1) is 45.7. The summed E-state index contributed by atoms with van der Waals surface area (Å²) in [5, 5.41) is 0. The lowest BCUT2D eigenvalue weighted by atomic mass is 10.1. The number of carbonyl (C=O) groups excluding carboxylic acids is 3. The fourth-order valence-corrected chi connectivity index (χ4v) is 7.05. The highest BCUT2D eigenvalue weighted by molar-refractivity contribution is 7.64. The molecule has 0 aliphatic heterocycles. The van der Waals surface area contributed by atoms with E-state index in [1.165, 1.54) is 89.9 Å². The van der Waals surface area contributed by atoms with E-state index in [4.69, 9.17) is 24.0 Å². The molecule has 1 unspecified atom stereocenters. The number of esters is 3. The average Bonchev–Trinajstić information content (AvgIpc) is 2.98. The van der Waals surface area contributed by atoms with E-state index in [0.717, 1.165) is 38.5 Å². The maximum Gasteiger partial charge on any atom is 0.476 e. The Morgan fingerprint density at radius 2 is 0.851 bits per heavy atom. The Bertz CT molecular complexity index is 908. The second kappa shape index (κ2) is 29.6. The molecule has 0 spiro atoms. The highest BCUT2D eigenvalue weighted by Gasteiger charge is 2.34. The molecule has 0 aromatic heterocycles. The molecule has 0 aromatic carbocycles. The Labute approximate surface area is 283 Å². The summed E-state index contributed by atoms with van der Waals surface area (Å²) in [6.07, 6.45) is 22.8. The predicted octanol–water partition coefficient (Wildman–Crippen LogP) is 8.68. The summed E-state index contributed by atoms with van der Waals surface area (Å²) >= 11 is 0. The van der Waals surface area contributed by atoms with Crippen molar-refractivity contribution in [3.05, 3.63) is 0 Å². The number of phosphoric acid groups is 1. The van der Waals surface area contributed by atoms with Crippen LogP contribution >= 0.6 is 15.4 Å². The first-order chi connectivity index (χ1) is 22.4. The molecule has 47 heavy (non-hydrogen) atoms. The molecule has 3 N–H and O–H groups in total. The number of hydrogen-bond donors (Lipinski definition) is 3. The largest absolute Gasteiger partial charge is 0.476 e. The molecule has 12 nitrogen and oxygen atoms in total. The van der Waals surface area contributed by atoms with Crippen molar-refractivity contribution >= 4 is 33.3 Å². The minimum absolute atomic E-state index is 0.135. The average molecular weight is 715 g/mol. The third-order valence-corrected chi connectivity index (χ3v) is 10.2. The molecule has 0 fully saturated rings. The third-order valence-electron chi connectivity index (χ3n) is 7.69. The van der Waals surface area contributed by atoms with Crippen LogP contribution < -0.4 is 0 Å². The number of carbonyl (C=O) groups is 3. The standard InChI is InChI=1S/C33H64O12P2/c1-3-5-7-9-11-13-15-17-19-21-23-25-31(34)42-27-30(28-43-33(36)29-46(37,38)45-47(39,40)41)44-32(35)26-24-22-20-18-16-14-12-10-8-6-4-2/h30H,3-29H2,1-2H3,(H,37,38)(H2,39,40,41)/t30-/m1/s1. The summed E-state index contributed by atoms with van der Waals surface area (Å²) in [7, 11) is -10.3.